The molecule has 0 saturated carbocycles. The third-order valence-electron chi connectivity index (χ3n) is 5.55. The van der Waals surface area contributed by atoms with Crippen molar-refractivity contribution < 1.29 is 4.42 Å². The van der Waals surface area contributed by atoms with Crippen molar-refractivity contribution in [3.05, 3.63) is 69.4 Å². The van der Waals surface area contributed by atoms with Gasteiger partial charge in [0.25, 0.3) is 5.56 Å². The molecule has 0 saturated heterocycles. The van der Waals surface area contributed by atoms with Gasteiger partial charge in [-0.2, -0.15) is 0 Å². The fourth-order valence-electron chi connectivity index (χ4n) is 4.32. The van der Waals surface area contributed by atoms with E-state index in [4.69, 9.17) is 9.40 Å². The summed E-state index contributed by atoms with van der Waals surface area (Å²) in [6, 6.07) is 9.91. The van der Waals surface area contributed by atoms with Crippen LogP contribution in [0.2, 0.25) is 0 Å². The van der Waals surface area contributed by atoms with Gasteiger partial charge in [-0.15, -0.1) is 0 Å². The van der Waals surface area contributed by atoms with Gasteiger partial charge in [-0.3, -0.25) is 9.36 Å². The van der Waals surface area contributed by atoms with E-state index in [0.717, 1.165) is 42.3 Å². The lowest BCUT2D eigenvalue weighted by atomic mass is 9.99. The first kappa shape index (κ1) is 17.2. The number of nitrogens with zero attached hydrogens (tertiary/aromatic N) is 3. The van der Waals surface area contributed by atoms with Crippen LogP contribution in [0, 0.1) is 5.92 Å². The second kappa shape index (κ2) is 6.59. The van der Waals surface area contributed by atoms with Crippen molar-refractivity contribution in [2.75, 3.05) is 0 Å². The number of aryl methyl sites for hydroxylation is 1. The van der Waals surface area contributed by atoms with Crippen molar-refractivity contribution in [3.8, 4) is 0 Å². The summed E-state index contributed by atoms with van der Waals surface area (Å²) < 4.78 is 7.61. The van der Waals surface area contributed by atoms with E-state index >= 15 is 0 Å². The zero-order valence-corrected chi connectivity index (χ0v) is 16.2. The van der Waals surface area contributed by atoms with Gasteiger partial charge in [0, 0.05) is 5.69 Å². The van der Waals surface area contributed by atoms with Gasteiger partial charge in [-0.25, -0.2) is 9.97 Å². The maximum Gasteiger partial charge on any atom is 0.297 e. The zero-order chi connectivity index (χ0) is 19.3. The Morgan fingerprint density at radius 3 is 2.71 bits per heavy atom. The molecule has 1 aliphatic rings. The molecule has 0 aliphatic heterocycles. The Morgan fingerprint density at radius 1 is 1.14 bits per heavy atom. The molecular weight excluding hydrogens is 350 g/mol. The Balaban J connectivity index is 1.70. The zero-order valence-electron chi connectivity index (χ0n) is 16.2. The van der Waals surface area contributed by atoms with Crippen molar-refractivity contribution >= 4 is 22.2 Å². The molecule has 0 radical (unpaired) electrons. The Hall–Kier alpha value is -2.95. The SMILES string of the molecule is CC(C)Cc1nc2oc3c(=O)n(Cc4ccccc4)cnc3c2c2c1CCC2. The highest BCUT2D eigenvalue weighted by Crippen LogP contribution is 2.36. The first-order chi connectivity index (χ1) is 13.6. The van der Waals surface area contributed by atoms with Crippen LogP contribution in [0.1, 0.15) is 42.7 Å². The summed E-state index contributed by atoms with van der Waals surface area (Å²) in [6.45, 7) is 4.88. The number of fused-ring (bicyclic) bond motifs is 5. The van der Waals surface area contributed by atoms with Crippen LogP contribution in [-0.4, -0.2) is 14.5 Å². The van der Waals surface area contributed by atoms with Crippen molar-refractivity contribution in [3.63, 3.8) is 0 Å². The molecule has 4 aromatic rings. The largest absolute Gasteiger partial charge is 0.430 e. The van der Waals surface area contributed by atoms with Crippen LogP contribution >= 0.6 is 0 Å². The molecule has 3 heterocycles. The van der Waals surface area contributed by atoms with Crippen LogP contribution < -0.4 is 5.56 Å². The van der Waals surface area contributed by atoms with E-state index in [0.29, 0.717) is 29.3 Å². The Labute approximate surface area is 163 Å². The topological polar surface area (TPSA) is 60.9 Å². The first-order valence-corrected chi connectivity index (χ1v) is 9.98. The molecule has 5 heteroatoms. The predicted octanol–water partition coefficient (Wildman–Crippen LogP) is 4.27. The average molecular weight is 373 g/mol. The molecule has 0 N–H and O–H groups in total. The summed E-state index contributed by atoms with van der Waals surface area (Å²) in [6.07, 6.45) is 5.75. The molecular formula is C23H23N3O2. The molecule has 1 aromatic carbocycles. The van der Waals surface area contributed by atoms with E-state index in [-0.39, 0.29) is 5.56 Å². The minimum Gasteiger partial charge on any atom is -0.430 e. The van der Waals surface area contributed by atoms with Crippen LogP contribution in [0.5, 0.6) is 0 Å². The number of rotatable bonds is 4. The normalized spacial score (nSPS) is 13.7. The van der Waals surface area contributed by atoms with E-state index in [9.17, 15) is 4.79 Å². The van der Waals surface area contributed by atoms with Crippen molar-refractivity contribution in [2.24, 2.45) is 5.92 Å². The number of furan rings is 1. The lowest BCUT2D eigenvalue weighted by Crippen LogP contribution is -2.20. The number of hydrogen-bond acceptors (Lipinski definition) is 4. The van der Waals surface area contributed by atoms with E-state index in [1.165, 1.54) is 11.1 Å². The molecule has 0 unspecified atom stereocenters. The molecule has 5 nitrogen and oxygen atoms in total. The summed E-state index contributed by atoms with van der Waals surface area (Å²) >= 11 is 0. The van der Waals surface area contributed by atoms with Crippen molar-refractivity contribution in [1.82, 2.24) is 14.5 Å². The minimum atomic E-state index is -0.149. The molecule has 28 heavy (non-hydrogen) atoms. The van der Waals surface area contributed by atoms with E-state index in [1.807, 2.05) is 30.3 Å². The van der Waals surface area contributed by atoms with Crippen LogP contribution in [0.25, 0.3) is 22.2 Å². The van der Waals surface area contributed by atoms with E-state index in [1.54, 1.807) is 10.9 Å². The number of pyridine rings is 1. The highest BCUT2D eigenvalue weighted by atomic mass is 16.3. The highest BCUT2D eigenvalue weighted by Gasteiger charge is 2.25. The average Bonchev–Trinajstić information content (AvgIpc) is 3.29. The van der Waals surface area contributed by atoms with Crippen molar-refractivity contribution in [2.45, 2.75) is 46.1 Å². The molecule has 0 bridgehead atoms. The molecule has 0 fully saturated rings. The fourth-order valence-corrected chi connectivity index (χ4v) is 4.32. The van der Waals surface area contributed by atoms with Gasteiger partial charge in [0.15, 0.2) is 0 Å². The van der Waals surface area contributed by atoms with Gasteiger partial charge in [0.05, 0.1) is 18.3 Å². The number of aromatic nitrogens is 3. The smallest absolute Gasteiger partial charge is 0.297 e. The first-order valence-electron chi connectivity index (χ1n) is 9.98. The van der Waals surface area contributed by atoms with Crippen LogP contribution in [0.15, 0.2) is 45.9 Å². The fraction of sp³-hybridized carbons (Fsp3) is 0.348. The van der Waals surface area contributed by atoms with E-state index in [2.05, 4.69) is 18.8 Å². The van der Waals surface area contributed by atoms with Crippen LogP contribution in [0.4, 0.5) is 0 Å². The van der Waals surface area contributed by atoms with Gasteiger partial charge in [-0.1, -0.05) is 44.2 Å². The van der Waals surface area contributed by atoms with E-state index < -0.39 is 0 Å². The summed E-state index contributed by atoms with van der Waals surface area (Å²) in [7, 11) is 0. The van der Waals surface area contributed by atoms with Gasteiger partial charge in [0.1, 0.15) is 5.52 Å². The number of benzene rings is 1. The molecule has 0 atom stereocenters. The van der Waals surface area contributed by atoms with Crippen molar-refractivity contribution in [1.29, 1.82) is 0 Å². The maximum atomic E-state index is 13.1. The van der Waals surface area contributed by atoms with Gasteiger partial charge >= 0.3 is 0 Å². The lowest BCUT2D eigenvalue weighted by molar-refractivity contribution is 0.610. The second-order valence-corrected chi connectivity index (χ2v) is 8.09. The Kier molecular flexibility index (Phi) is 4.04. The highest BCUT2D eigenvalue weighted by molar-refractivity contribution is 6.03. The second-order valence-electron chi connectivity index (χ2n) is 8.09. The maximum absolute atomic E-state index is 13.1. The monoisotopic (exact) mass is 373 g/mol. The molecule has 142 valence electrons. The number of hydrogen-bond donors (Lipinski definition) is 0. The summed E-state index contributed by atoms with van der Waals surface area (Å²) in [5, 5.41) is 0.943. The lowest BCUT2D eigenvalue weighted by Gasteiger charge is -2.10. The summed E-state index contributed by atoms with van der Waals surface area (Å²) in [5.41, 5.74) is 6.20. The minimum absolute atomic E-state index is 0.149. The Bertz CT molecular complexity index is 1240. The summed E-state index contributed by atoms with van der Waals surface area (Å²) in [4.78, 5) is 22.5. The van der Waals surface area contributed by atoms with Gasteiger partial charge in [-0.05, 0) is 48.3 Å². The van der Waals surface area contributed by atoms with Crippen LogP contribution in [-0.2, 0) is 25.8 Å². The standard InChI is InChI=1S/C23H23N3O2/c1-14(2)11-18-16-9-6-10-17(16)19-20-21(28-22(19)25-18)23(27)26(13-24-20)12-15-7-4-3-5-8-15/h3-5,7-8,13-14H,6,9-12H2,1-2H3. The van der Waals surface area contributed by atoms with Gasteiger partial charge < -0.3 is 4.42 Å². The van der Waals surface area contributed by atoms with Crippen LogP contribution in [0.3, 0.4) is 0 Å². The molecule has 0 amide bonds. The predicted molar refractivity (Wildman–Crippen MR) is 110 cm³/mol. The third kappa shape index (κ3) is 2.73. The molecule has 3 aromatic heterocycles. The molecule has 5 rings (SSSR count). The quantitative estimate of drug-likeness (QED) is 0.536. The Morgan fingerprint density at radius 2 is 1.93 bits per heavy atom. The summed E-state index contributed by atoms with van der Waals surface area (Å²) in [5.74, 6) is 0.528. The molecule has 1 aliphatic carbocycles. The molecule has 0 spiro atoms. The van der Waals surface area contributed by atoms with Gasteiger partial charge in [0.2, 0.25) is 11.3 Å². The third-order valence-corrected chi connectivity index (χ3v) is 5.55.